The van der Waals surface area contributed by atoms with Crippen LogP contribution in [0.2, 0.25) is 0 Å². The minimum absolute atomic E-state index is 0.106. The molecule has 1 heterocycles. The van der Waals surface area contributed by atoms with Gasteiger partial charge >= 0.3 is 0 Å². The van der Waals surface area contributed by atoms with Crippen molar-refractivity contribution >= 4 is 15.9 Å². The Morgan fingerprint density at radius 1 is 1.08 bits per heavy atom. The summed E-state index contributed by atoms with van der Waals surface area (Å²) >= 11 is 0. The number of hydrogen-bond donors (Lipinski definition) is 1. The summed E-state index contributed by atoms with van der Waals surface area (Å²) in [4.78, 5) is 18.1. The maximum atomic E-state index is 12.3. The van der Waals surface area contributed by atoms with Gasteiger partial charge in [0, 0.05) is 24.8 Å². The average molecular weight is 347 g/mol. The maximum Gasteiger partial charge on any atom is 0.253 e. The molecule has 0 aliphatic rings. The first-order valence-electron chi connectivity index (χ1n) is 7.76. The molecule has 128 valence electrons. The van der Waals surface area contributed by atoms with Gasteiger partial charge in [-0.1, -0.05) is 6.07 Å². The molecule has 7 heteroatoms. The van der Waals surface area contributed by atoms with Crippen LogP contribution in [-0.2, 0) is 16.6 Å². The van der Waals surface area contributed by atoms with E-state index in [0.717, 1.165) is 0 Å². The molecule has 0 aliphatic carbocycles. The first-order valence-corrected chi connectivity index (χ1v) is 9.25. The highest BCUT2D eigenvalue weighted by atomic mass is 32.2. The monoisotopic (exact) mass is 347 g/mol. The molecule has 0 atom stereocenters. The zero-order chi connectivity index (χ0) is 17.6. The highest BCUT2D eigenvalue weighted by molar-refractivity contribution is 7.89. The highest BCUT2D eigenvalue weighted by Gasteiger charge is 2.16. The summed E-state index contributed by atoms with van der Waals surface area (Å²) in [6.45, 7) is 5.15. The minimum atomic E-state index is -3.65. The standard InChI is InChI=1S/C17H21N3O3S/c1-3-20(4-2)17(21)14-8-10-16(11-9-14)24(22,23)19-13-15-7-5-6-12-18-15/h5-12,19H,3-4,13H2,1-2H3. The van der Waals surface area contributed by atoms with Crippen molar-refractivity contribution in [1.82, 2.24) is 14.6 Å². The number of carbonyl (C=O) groups is 1. The van der Waals surface area contributed by atoms with Crippen molar-refractivity contribution in [2.75, 3.05) is 13.1 Å². The first kappa shape index (κ1) is 18.1. The van der Waals surface area contributed by atoms with Gasteiger partial charge in [-0.05, 0) is 50.2 Å². The number of nitrogens with zero attached hydrogens (tertiary/aromatic N) is 2. The van der Waals surface area contributed by atoms with Crippen molar-refractivity contribution in [1.29, 1.82) is 0 Å². The summed E-state index contributed by atoms with van der Waals surface area (Å²) < 4.78 is 27.1. The Morgan fingerprint density at radius 2 is 1.75 bits per heavy atom. The Hall–Kier alpha value is -2.25. The molecule has 6 nitrogen and oxygen atoms in total. The number of aromatic nitrogens is 1. The van der Waals surface area contributed by atoms with Crippen LogP contribution in [0.3, 0.4) is 0 Å². The topological polar surface area (TPSA) is 79.4 Å². The molecule has 0 radical (unpaired) electrons. The Bertz CT molecular complexity index is 770. The predicted molar refractivity (Wildman–Crippen MR) is 92.0 cm³/mol. The summed E-state index contributed by atoms with van der Waals surface area (Å²) in [5, 5.41) is 0. The van der Waals surface area contributed by atoms with Crippen molar-refractivity contribution in [2.24, 2.45) is 0 Å². The number of hydrogen-bond acceptors (Lipinski definition) is 4. The fourth-order valence-corrected chi connectivity index (χ4v) is 3.22. The van der Waals surface area contributed by atoms with Gasteiger partial charge in [0.25, 0.3) is 5.91 Å². The van der Waals surface area contributed by atoms with Gasteiger partial charge in [-0.3, -0.25) is 9.78 Å². The van der Waals surface area contributed by atoms with E-state index in [9.17, 15) is 13.2 Å². The minimum Gasteiger partial charge on any atom is -0.339 e. The van der Waals surface area contributed by atoms with E-state index in [1.54, 1.807) is 29.3 Å². The van der Waals surface area contributed by atoms with Gasteiger partial charge in [0.15, 0.2) is 0 Å². The van der Waals surface area contributed by atoms with E-state index in [-0.39, 0.29) is 17.3 Å². The van der Waals surface area contributed by atoms with Gasteiger partial charge in [-0.25, -0.2) is 13.1 Å². The summed E-state index contributed by atoms with van der Waals surface area (Å²) in [6, 6.07) is 11.3. The molecule has 2 rings (SSSR count). The van der Waals surface area contributed by atoms with Crippen LogP contribution in [0.15, 0.2) is 53.6 Å². The maximum absolute atomic E-state index is 12.3. The molecule has 0 saturated carbocycles. The van der Waals surface area contributed by atoms with Crippen molar-refractivity contribution in [3.63, 3.8) is 0 Å². The molecular formula is C17H21N3O3S. The lowest BCUT2D eigenvalue weighted by molar-refractivity contribution is 0.0773. The molecule has 0 aliphatic heterocycles. The smallest absolute Gasteiger partial charge is 0.253 e. The molecule has 0 fully saturated rings. The highest BCUT2D eigenvalue weighted by Crippen LogP contribution is 2.13. The van der Waals surface area contributed by atoms with Crippen LogP contribution in [0.4, 0.5) is 0 Å². The fourth-order valence-electron chi connectivity index (χ4n) is 2.23. The van der Waals surface area contributed by atoms with E-state index in [2.05, 4.69) is 9.71 Å². The van der Waals surface area contributed by atoms with Crippen molar-refractivity contribution in [3.05, 3.63) is 59.9 Å². The first-order chi connectivity index (χ1) is 11.5. The number of rotatable bonds is 7. The van der Waals surface area contributed by atoms with E-state index in [0.29, 0.717) is 24.3 Å². The van der Waals surface area contributed by atoms with E-state index < -0.39 is 10.0 Å². The Balaban J connectivity index is 2.10. The molecule has 24 heavy (non-hydrogen) atoms. The summed E-state index contributed by atoms with van der Waals surface area (Å²) in [5.74, 6) is -0.106. The second-order valence-electron chi connectivity index (χ2n) is 5.15. The van der Waals surface area contributed by atoms with Crippen molar-refractivity contribution in [2.45, 2.75) is 25.3 Å². The zero-order valence-corrected chi connectivity index (χ0v) is 14.6. The van der Waals surface area contributed by atoms with Crippen LogP contribution in [0.25, 0.3) is 0 Å². The average Bonchev–Trinajstić information content (AvgIpc) is 2.62. The van der Waals surface area contributed by atoms with Crippen LogP contribution in [0.5, 0.6) is 0 Å². The zero-order valence-electron chi connectivity index (χ0n) is 13.8. The van der Waals surface area contributed by atoms with Crippen molar-refractivity contribution in [3.8, 4) is 0 Å². The van der Waals surface area contributed by atoms with E-state index in [4.69, 9.17) is 0 Å². The predicted octanol–water partition coefficient (Wildman–Crippen LogP) is 2.04. The summed E-state index contributed by atoms with van der Waals surface area (Å²) in [6.07, 6.45) is 1.61. The number of amides is 1. The van der Waals surface area contributed by atoms with Crippen LogP contribution in [0, 0.1) is 0 Å². The summed E-state index contributed by atoms with van der Waals surface area (Å²) in [5.41, 5.74) is 1.11. The fraction of sp³-hybridized carbons (Fsp3) is 0.294. The number of pyridine rings is 1. The lowest BCUT2D eigenvalue weighted by Crippen LogP contribution is -2.30. The lowest BCUT2D eigenvalue weighted by Gasteiger charge is -2.18. The number of sulfonamides is 1. The Labute approximate surface area is 142 Å². The number of carbonyl (C=O) groups excluding carboxylic acids is 1. The third kappa shape index (κ3) is 4.39. The van der Waals surface area contributed by atoms with Gasteiger partial charge in [0.2, 0.25) is 10.0 Å². The molecule has 0 spiro atoms. The van der Waals surface area contributed by atoms with Gasteiger partial charge in [0.1, 0.15) is 0 Å². The number of nitrogens with one attached hydrogen (secondary N) is 1. The molecule has 0 unspecified atom stereocenters. The van der Waals surface area contributed by atoms with Gasteiger partial charge in [-0.15, -0.1) is 0 Å². The molecule has 1 amide bonds. The van der Waals surface area contributed by atoms with Crippen LogP contribution >= 0.6 is 0 Å². The Morgan fingerprint density at radius 3 is 2.29 bits per heavy atom. The molecule has 0 saturated heterocycles. The summed E-state index contributed by atoms with van der Waals surface area (Å²) in [7, 11) is -3.65. The molecule has 1 aromatic carbocycles. The van der Waals surface area contributed by atoms with Gasteiger partial charge < -0.3 is 4.90 Å². The quantitative estimate of drug-likeness (QED) is 0.831. The second kappa shape index (κ2) is 8.03. The lowest BCUT2D eigenvalue weighted by atomic mass is 10.2. The third-order valence-electron chi connectivity index (χ3n) is 3.63. The molecule has 2 aromatic rings. The van der Waals surface area contributed by atoms with Gasteiger partial charge in [0.05, 0.1) is 17.1 Å². The van der Waals surface area contributed by atoms with E-state index in [1.807, 2.05) is 13.8 Å². The molecular weight excluding hydrogens is 326 g/mol. The third-order valence-corrected chi connectivity index (χ3v) is 5.05. The molecule has 1 aromatic heterocycles. The van der Waals surface area contributed by atoms with Crippen LogP contribution in [0.1, 0.15) is 29.9 Å². The van der Waals surface area contributed by atoms with E-state index >= 15 is 0 Å². The van der Waals surface area contributed by atoms with E-state index in [1.165, 1.54) is 24.3 Å². The number of benzene rings is 1. The van der Waals surface area contributed by atoms with Crippen LogP contribution in [-0.4, -0.2) is 37.3 Å². The normalized spacial score (nSPS) is 11.2. The van der Waals surface area contributed by atoms with Crippen LogP contribution < -0.4 is 4.72 Å². The molecule has 1 N–H and O–H groups in total. The largest absolute Gasteiger partial charge is 0.339 e. The van der Waals surface area contributed by atoms with Gasteiger partial charge in [-0.2, -0.15) is 0 Å². The Kier molecular flexibility index (Phi) is 6.05. The molecule has 0 bridgehead atoms. The van der Waals surface area contributed by atoms with Crippen molar-refractivity contribution < 1.29 is 13.2 Å². The second-order valence-corrected chi connectivity index (χ2v) is 6.91. The SMILES string of the molecule is CCN(CC)C(=O)c1ccc(S(=O)(=O)NCc2ccccn2)cc1.